The van der Waals surface area contributed by atoms with Gasteiger partial charge in [-0.25, -0.2) is 9.97 Å². The minimum absolute atomic E-state index is 0.00764. The number of aliphatic hydroxyl groups is 1. The van der Waals surface area contributed by atoms with Gasteiger partial charge in [0.1, 0.15) is 17.8 Å². The molecule has 2 aromatic heterocycles. The predicted molar refractivity (Wildman–Crippen MR) is 132 cm³/mol. The van der Waals surface area contributed by atoms with E-state index < -0.39 is 0 Å². The number of aryl methyl sites for hydroxylation is 2. The third-order valence-electron chi connectivity index (χ3n) is 5.90. The SMILES string of the molecule is C/C=C(/O)c1ncnc(C)c1/C=C(\C)c1ccccn1.Cc1ccc(C2(N)CCC2)cc1. The van der Waals surface area contributed by atoms with Crippen LogP contribution in [0.4, 0.5) is 0 Å². The van der Waals surface area contributed by atoms with Gasteiger partial charge in [-0.05, 0) is 82.4 Å². The number of benzene rings is 1. The highest BCUT2D eigenvalue weighted by Gasteiger charge is 2.33. The summed E-state index contributed by atoms with van der Waals surface area (Å²) in [4.78, 5) is 12.7. The topological polar surface area (TPSA) is 84.9 Å². The molecule has 5 heteroatoms. The Bertz CT molecular complexity index is 1100. The molecule has 1 aliphatic rings. The molecule has 1 fully saturated rings. The number of hydrogen-bond donors (Lipinski definition) is 2. The largest absolute Gasteiger partial charge is 0.506 e. The summed E-state index contributed by atoms with van der Waals surface area (Å²) in [5, 5.41) is 9.94. The fourth-order valence-electron chi connectivity index (χ4n) is 3.62. The van der Waals surface area contributed by atoms with Crippen LogP contribution in [-0.2, 0) is 5.54 Å². The molecule has 0 radical (unpaired) electrons. The van der Waals surface area contributed by atoms with E-state index in [1.54, 1.807) is 19.2 Å². The number of pyridine rings is 1. The standard InChI is InChI=1S/C16H17N3O.C11H15N/c1-4-15(20)16-13(12(3)18-10-19-16)9-11(2)14-7-5-6-8-17-14;1-9-3-5-10(6-4-9)11(12)7-2-8-11/h4-10,20H,1-3H3;3-6H,2,7-8,12H2,1H3/b11-9+,15-4+;. The summed E-state index contributed by atoms with van der Waals surface area (Å²) in [5.41, 5.74) is 12.8. The molecule has 1 aliphatic carbocycles. The molecule has 0 amide bonds. The molecular weight excluding hydrogens is 396 g/mol. The van der Waals surface area contributed by atoms with E-state index in [2.05, 4.69) is 46.1 Å². The molecule has 32 heavy (non-hydrogen) atoms. The molecule has 1 saturated carbocycles. The van der Waals surface area contributed by atoms with Crippen molar-refractivity contribution >= 4 is 17.4 Å². The first kappa shape index (κ1) is 23.4. The van der Waals surface area contributed by atoms with E-state index in [1.165, 1.54) is 23.9 Å². The molecule has 4 rings (SSSR count). The van der Waals surface area contributed by atoms with Crippen LogP contribution in [0, 0.1) is 13.8 Å². The van der Waals surface area contributed by atoms with Crippen molar-refractivity contribution in [1.29, 1.82) is 0 Å². The van der Waals surface area contributed by atoms with Gasteiger partial charge in [-0.2, -0.15) is 0 Å². The molecule has 0 aliphatic heterocycles. The number of aromatic nitrogens is 3. The van der Waals surface area contributed by atoms with Gasteiger partial charge in [-0.15, -0.1) is 0 Å². The highest BCUT2D eigenvalue weighted by molar-refractivity contribution is 5.82. The third-order valence-corrected chi connectivity index (χ3v) is 5.90. The zero-order chi connectivity index (χ0) is 23.1. The van der Waals surface area contributed by atoms with Crippen LogP contribution in [0.5, 0.6) is 0 Å². The molecule has 0 unspecified atom stereocenters. The van der Waals surface area contributed by atoms with Crippen LogP contribution >= 0.6 is 0 Å². The number of allylic oxidation sites excluding steroid dienone is 2. The Labute approximate surface area is 190 Å². The summed E-state index contributed by atoms with van der Waals surface area (Å²) in [6, 6.07) is 14.4. The molecule has 0 spiro atoms. The molecule has 3 aromatic rings. The molecular formula is C27H32N4O. The van der Waals surface area contributed by atoms with Gasteiger partial charge in [0.15, 0.2) is 0 Å². The summed E-state index contributed by atoms with van der Waals surface area (Å²) in [7, 11) is 0. The maximum atomic E-state index is 9.94. The lowest BCUT2D eigenvalue weighted by molar-refractivity contribution is 0.253. The lowest BCUT2D eigenvalue weighted by Crippen LogP contribution is -2.43. The molecule has 5 nitrogen and oxygen atoms in total. The van der Waals surface area contributed by atoms with E-state index in [0.717, 1.165) is 35.4 Å². The van der Waals surface area contributed by atoms with Crippen molar-refractivity contribution in [2.24, 2.45) is 5.73 Å². The number of nitrogens with two attached hydrogens (primary N) is 1. The monoisotopic (exact) mass is 428 g/mol. The van der Waals surface area contributed by atoms with E-state index >= 15 is 0 Å². The smallest absolute Gasteiger partial charge is 0.137 e. The van der Waals surface area contributed by atoms with Gasteiger partial charge in [0.2, 0.25) is 0 Å². The molecule has 0 atom stereocenters. The number of hydrogen-bond acceptors (Lipinski definition) is 5. The van der Waals surface area contributed by atoms with Gasteiger partial charge in [-0.1, -0.05) is 35.9 Å². The lowest BCUT2D eigenvalue weighted by atomic mass is 9.73. The molecule has 0 saturated heterocycles. The summed E-state index contributed by atoms with van der Waals surface area (Å²) < 4.78 is 0. The molecule has 3 N–H and O–H groups in total. The second kappa shape index (κ2) is 10.3. The van der Waals surface area contributed by atoms with Crippen LogP contribution in [0.25, 0.3) is 17.4 Å². The molecule has 1 aromatic carbocycles. The first-order chi connectivity index (χ1) is 15.3. The van der Waals surface area contributed by atoms with Gasteiger partial charge in [0.05, 0.1) is 5.69 Å². The van der Waals surface area contributed by atoms with Crippen molar-refractivity contribution in [3.8, 4) is 0 Å². The van der Waals surface area contributed by atoms with E-state index in [9.17, 15) is 5.11 Å². The molecule has 166 valence electrons. The highest BCUT2D eigenvalue weighted by Crippen LogP contribution is 2.38. The van der Waals surface area contributed by atoms with Crippen LogP contribution in [0.2, 0.25) is 0 Å². The minimum atomic E-state index is 0.00764. The van der Waals surface area contributed by atoms with Crippen LogP contribution in [0.3, 0.4) is 0 Å². The Kier molecular flexibility index (Phi) is 7.54. The van der Waals surface area contributed by atoms with Gasteiger partial charge < -0.3 is 10.8 Å². The summed E-state index contributed by atoms with van der Waals surface area (Å²) in [5.74, 6) is 0.149. The Hall–Kier alpha value is -3.31. The summed E-state index contributed by atoms with van der Waals surface area (Å²) in [6.45, 7) is 7.75. The van der Waals surface area contributed by atoms with E-state index in [1.807, 2.05) is 38.1 Å². The third kappa shape index (κ3) is 5.48. The van der Waals surface area contributed by atoms with E-state index in [-0.39, 0.29) is 11.3 Å². The molecule has 2 heterocycles. The van der Waals surface area contributed by atoms with Crippen molar-refractivity contribution < 1.29 is 5.11 Å². The molecule has 0 bridgehead atoms. The maximum absolute atomic E-state index is 9.94. The zero-order valence-electron chi connectivity index (χ0n) is 19.3. The Morgan fingerprint density at radius 1 is 1.03 bits per heavy atom. The van der Waals surface area contributed by atoms with E-state index in [0.29, 0.717) is 5.69 Å². The summed E-state index contributed by atoms with van der Waals surface area (Å²) >= 11 is 0. The normalized spacial score (nSPS) is 15.4. The van der Waals surface area contributed by atoms with Gasteiger partial charge in [0.25, 0.3) is 0 Å². The Balaban J connectivity index is 0.000000204. The van der Waals surface area contributed by atoms with Crippen molar-refractivity contribution in [2.75, 3.05) is 0 Å². The van der Waals surface area contributed by atoms with Gasteiger partial charge in [-0.3, -0.25) is 4.98 Å². The zero-order valence-corrected chi connectivity index (χ0v) is 19.3. The van der Waals surface area contributed by atoms with Crippen LogP contribution in [0.1, 0.15) is 66.9 Å². The number of nitrogens with zero attached hydrogens (tertiary/aromatic N) is 3. The van der Waals surface area contributed by atoms with Crippen LogP contribution in [0.15, 0.2) is 61.1 Å². The van der Waals surface area contributed by atoms with Crippen LogP contribution in [-0.4, -0.2) is 20.1 Å². The first-order valence-electron chi connectivity index (χ1n) is 11.0. The fourth-order valence-corrected chi connectivity index (χ4v) is 3.62. The quantitative estimate of drug-likeness (QED) is 0.498. The van der Waals surface area contributed by atoms with Crippen molar-refractivity contribution in [2.45, 2.75) is 52.5 Å². The number of aliphatic hydroxyl groups excluding tert-OH is 1. The number of rotatable bonds is 4. The highest BCUT2D eigenvalue weighted by atomic mass is 16.3. The average molecular weight is 429 g/mol. The average Bonchev–Trinajstić information content (AvgIpc) is 2.79. The fraction of sp³-hybridized carbons (Fsp3) is 0.296. The van der Waals surface area contributed by atoms with Gasteiger partial charge >= 0.3 is 0 Å². The van der Waals surface area contributed by atoms with Crippen molar-refractivity contribution in [1.82, 2.24) is 15.0 Å². The van der Waals surface area contributed by atoms with Crippen molar-refractivity contribution in [3.05, 3.63) is 94.8 Å². The second-order valence-electron chi connectivity index (χ2n) is 8.31. The second-order valence-corrected chi connectivity index (χ2v) is 8.31. The maximum Gasteiger partial charge on any atom is 0.137 e. The van der Waals surface area contributed by atoms with Gasteiger partial charge in [0, 0.05) is 23.0 Å². The lowest BCUT2D eigenvalue weighted by Gasteiger charge is -2.38. The Morgan fingerprint density at radius 3 is 2.31 bits per heavy atom. The van der Waals surface area contributed by atoms with Crippen LogP contribution < -0.4 is 5.73 Å². The minimum Gasteiger partial charge on any atom is -0.506 e. The first-order valence-corrected chi connectivity index (χ1v) is 11.0. The summed E-state index contributed by atoms with van der Waals surface area (Å²) in [6.07, 6.45) is 10.4. The van der Waals surface area contributed by atoms with Crippen molar-refractivity contribution in [3.63, 3.8) is 0 Å². The Morgan fingerprint density at radius 2 is 1.75 bits per heavy atom. The van der Waals surface area contributed by atoms with E-state index in [4.69, 9.17) is 5.73 Å². The predicted octanol–water partition coefficient (Wildman–Crippen LogP) is 5.99.